The van der Waals surface area contributed by atoms with Gasteiger partial charge in [-0.25, -0.2) is 0 Å². The van der Waals surface area contributed by atoms with E-state index in [1.165, 1.54) is 5.56 Å². The third-order valence-electron chi connectivity index (χ3n) is 6.28. The van der Waals surface area contributed by atoms with Gasteiger partial charge < -0.3 is 14.5 Å². The Balaban J connectivity index is 1.31. The summed E-state index contributed by atoms with van der Waals surface area (Å²) in [6.07, 6.45) is 2.83. The molecule has 1 fully saturated rings. The zero-order chi connectivity index (χ0) is 21.2. The predicted molar refractivity (Wildman–Crippen MR) is 121 cm³/mol. The molecule has 158 valence electrons. The van der Waals surface area contributed by atoms with Crippen molar-refractivity contribution in [3.8, 4) is 17.0 Å². The summed E-state index contributed by atoms with van der Waals surface area (Å²) < 4.78 is 5.44. The monoisotopic (exact) mass is 414 g/mol. The first-order valence-electron chi connectivity index (χ1n) is 10.9. The first-order valence-corrected chi connectivity index (χ1v) is 10.9. The van der Waals surface area contributed by atoms with Gasteiger partial charge in [-0.2, -0.15) is 0 Å². The Labute approximate surface area is 182 Å². The Morgan fingerprint density at radius 2 is 1.84 bits per heavy atom. The maximum atomic E-state index is 13.3. The molecule has 3 heterocycles. The fourth-order valence-corrected chi connectivity index (χ4v) is 4.67. The summed E-state index contributed by atoms with van der Waals surface area (Å²) in [4.78, 5) is 17.5. The van der Waals surface area contributed by atoms with Crippen LogP contribution in [0.25, 0.3) is 11.3 Å². The smallest absolute Gasteiger partial charge is 0.231 e. The van der Waals surface area contributed by atoms with Gasteiger partial charge in [0.1, 0.15) is 5.75 Å². The first kappa shape index (κ1) is 19.5. The summed E-state index contributed by atoms with van der Waals surface area (Å²) >= 11 is 0. The highest BCUT2D eigenvalue weighted by Gasteiger charge is 2.33. The molecule has 1 aromatic heterocycles. The molecule has 2 aliphatic rings. The van der Waals surface area contributed by atoms with Crippen LogP contribution in [-0.4, -0.2) is 42.8 Å². The molecule has 1 saturated heterocycles. The maximum absolute atomic E-state index is 13.3. The number of hydrogen-bond acceptors (Lipinski definition) is 5. The highest BCUT2D eigenvalue weighted by Crippen LogP contribution is 2.32. The molecular weight excluding hydrogens is 388 g/mol. The molecular formula is C25H26N4O2. The molecule has 3 aromatic rings. The van der Waals surface area contributed by atoms with Gasteiger partial charge in [-0.1, -0.05) is 30.3 Å². The maximum Gasteiger partial charge on any atom is 0.231 e. The van der Waals surface area contributed by atoms with Crippen molar-refractivity contribution in [2.75, 3.05) is 36.5 Å². The van der Waals surface area contributed by atoms with E-state index in [0.29, 0.717) is 6.54 Å². The molecule has 1 unspecified atom stereocenters. The highest BCUT2D eigenvalue weighted by atomic mass is 16.5. The Bertz CT molecular complexity index is 1080. The number of nitrogens with zero attached hydrogens (tertiary/aromatic N) is 4. The van der Waals surface area contributed by atoms with Crippen LogP contribution in [-0.2, 0) is 11.2 Å². The van der Waals surface area contributed by atoms with Crippen molar-refractivity contribution in [1.82, 2.24) is 10.2 Å². The van der Waals surface area contributed by atoms with Gasteiger partial charge >= 0.3 is 0 Å². The van der Waals surface area contributed by atoms with Crippen LogP contribution in [0.1, 0.15) is 18.4 Å². The van der Waals surface area contributed by atoms with Crippen molar-refractivity contribution >= 4 is 17.4 Å². The van der Waals surface area contributed by atoms with E-state index in [1.807, 2.05) is 53.4 Å². The Morgan fingerprint density at radius 3 is 2.68 bits per heavy atom. The quantitative estimate of drug-likeness (QED) is 0.647. The molecule has 0 bridgehead atoms. The van der Waals surface area contributed by atoms with Crippen molar-refractivity contribution in [3.63, 3.8) is 0 Å². The van der Waals surface area contributed by atoms with Crippen LogP contribution in [0.15, 0.2) is 60.7 Å². The molecule has 5 rings (SSSR count). The average Bonchev–Trinajstić information content (AvgIpc) is 3.28. The Hall–Kier alpha value is -3.41. The van der Waals surface area contributed by atoms with E-state index in [2.05, 4.69) is 27.2 Å². The standard InChI is InChI=1S/C25H26N4O2/c1-31-23-11-5-3-9-20(23)21-12-13-24(27-26-21)28-15-6-8-19(17-28)25(30)29-16-14-18-7-2-4-10-22(18)29/h2-5,7,9-13,19H,6,8,14-17H2,1H3. The molecule has 0 aliphatic carbocycles. The summed E-state index contributed by atoms with van der Waals surface area (Å²) in [7, 11) is 1.66. The van der Waals surface area contributed by atoms with Crippen molar-refractivity contribution in [3.05, 3.63) is 66.2 Å². The summed E-state index contributed by atoms with van der Waals surface area (Å²) in [5.74, 6) is 1.81. The van der Waals surface area contributed by atoms with Gasteiger partial charge in [-0.15, -0.1) is 10.2 Å². The number of amides is 1. The molecule has 31 heavy (non-hydrogen) atoms. The fraction of sp³-hybridized carbons (Fsp3) is 0.320. The minimum Gasteiger partial charge on any atom is -0.496 e. The Morgan fingerprint density at radius 1 is 1.00 bits per heavy atom. The second-order valence-corrected chi connectivity index (χ2v) is 8.13. The fourth-order valence-electron chi connectivity index (χ4n) is 4.67. The SMILES string of the molecule is COc1ccccc1-c1ccc(N2CCCC(C(=O)N3CCc4ccccc43)C2)nn1. The highest BCUT2D eigenvalue weighted by molar-refractivity contribution is 5.97. The van der Waals surface area contributed by atoms with Gasteiger partial charge in [0.05, 0.1) is 18.7 Å². The van der Waals surface area contributed by atoms with Gasteiger partial charge in [0.15, 0.2) is 5.82 Å². The van der Waals surface area contributed by atoms with Crippen LogP contribution in [0.2, 0.25) is 0 Å². The van der Waals surface area contributed by atoms with E-state index < -0.39 is 0 Å². The van der Waals surface area contributed by atoms with Crippen LogP contribution in [0.5, 0.6) is 5.75 Å². The average molecular weight is 415 g/mol. The third-order valence-corrected chi connectivity index (χ3v) is 6.28. The number of fused-ring (bicyclic) bond motifs is 1. The van der Waals surface area contributed by atoms with Crippen LogP contribution in [0.3, 0.4) is 0 Å². The molecule has 6 nitrogen and oxygen atoms in total. The van der Waals surface area contributed by atoms with Crippen molar-refractivity contribution < 1.29 is 9.53 Å². The molecule has 0 N–H and O–H groups in total. The minimum atomic E-state index is -0.0180. The lowest BCUT2D eigenvalue weighted by Gasteiger charge is -2.34. The van der Waals surface area contributed by atoms with Crippen molar-refractivity contribution in [2.24, 2.45) is 5.92 Å². The van der Waals surface area contributed by atoms with Gasteiger partial charge in [0.2, 0.25) is 5.91 Å². The third kappa shape index (κ3) is 3.74. The van der Waals surface area contributed by atoms with Crippen molar-refractivity contribution in [2.45, 2.75) is 19.3 Å². The number of para-hydroxylation sites is 2. The molecule has 0 saturated carbocycles. The number of aromatic nitrogens is 2. The number of anilines is 2. The van der Waals surface area contributed by atoms with Gasteiger partial charge in [-0.05, 0) is 55.2 Å². The Kier molecular flexibility index (Phi) is 5.28. The molecule has 1 atom stereocenters. The van der Waals surface area contributed by atoms with Gasteiger partial charge in [0.25, 0.3) is 0 Å². The van der Waals surface area contributed by atoms with Crippen LogP contribution < -0.4 is 14.5 Å². The lowest BCUT2D eigenvalue weighted by Crippen LogP contribution is -2.45. The van der Waals surface area contributed by atoms with Crippen LogP contribution in [0, 0.1) is 5.92 Å². The number of benzene rings is 2. The molecule has 2 aromatic carbocycles. The topological polar surface area (TPSA) is 58.6 Å². The number of rotatable bonds is 4. The summed E-state index contributed by atoms with van der Waals surface area (Å²) in [6, 6.07) is 20.0. The number of methoxy groups -OCH3 is 1. The van der Waals surface area contributed by atoms with E-state index in [4.69, 9.17) is 4.74 Å². The van der Waals surface area contributed by atoms with Gasteiger partial charge in [-0.3, -0.25) is 4.79 Å². The van der Waals surface area contributed by atoms with E-state index in [0.717, 1.165) is 60.9 Å². The second-order valence-electron chi connectivity index (χ2n) is 8.13. The number of ether oxygens (including phenoxy) is 1. The summed E-state index contributed by atoms with van der Waals surface area (Å²) in [6.45, 7) is 2.35. The number of carbonyl (C=O) groups is 1. The lowest BCUT2D eigenvalue weighted by atomic mass is 9.96. The number of piperidine rings is 1. The number of carbonyl (C=O) groups excluding carboxylic acids is 1. The number of hydrogen-bond donors (Lipinski definition) is 0. The normalized spacial score (nSPS) is 18.0. The molecule has 1 amide bonds. The largest absolute Gasteiger partial charge is 0.496 e. The van der Waals surface area contributed by atoms with E-state index in [-0.39, 0.29) is 11.8 Å². The molecule has 6 heteroatoms. The van der Waals surface area contributed by atoms with Crippen LogP contribution in [0.4, 0.5) is 11.5 Å². The summed E-state index contributed by atoms with van der Waals surface area (Å²) in [5, 5.41) is 8.92. The second kappa shape index (κ2) is 8.38. The van der Waals surface area contributed by atoms with Gasteiger partial charge in [0, 0.05) is 30.9 Å². The van der Waals surface area contributed by atoms with E-state index in [9.17, 15) is 4.79 Å². The molecule has 0 radical (unpaired) electrons. The zero-order valence-corrected chi connectivity index (χ0v) is 17.7. The van der Waals surface area contributed by atoms with E-state index in [1.54, 1.807) is 7.11 Å². The molecule has 0 spiro atoms. The zero-order valence-electron chi connectivity index (χ0n) is 17.7. The van der Waals surface area contributed by atoms with E-state index >= 15 is 0 Å². The minimum absolute atomic E-state index is 0.0180. The summed E-state index contributed by atoms with van der Waals surface area (Å²) in [5.41, 5.74) is 4.04. The first-order chi connectivity index (χ1) is 15.2. The van der Waals surface area contributed by atoms with Crippen LogP contribution >= 0.6 is 0 Å². The predicted octanol–water partition coefficient (Wildman–Crippen LogP) is 3.96. The lowest BCUT2D eigenvalue weighted by molar-refractivity contribution is -0.122. The molecule has 2 aliphatic heterocycles. The van der Waals surface area contributed by atoms with Crippen molar-refractivity contribution in [1.29, 1.82) is 0 Å².